The molecule has 4 heteroatoms. The highest BCUT2D eigenvalue weighted by molar-refractivity contribution is 9.10. The van der Waals surface area contributed by atoms with E-state index in [1.54, 1.807) is 0 Å². The number of rotatable bonds is 4. The van der Waals surface area contributed by atoms with Gasteiger partial charge in [-0.2, -0.15) is 10.2 Å². The van der Waals surface area contributed by atoms with Crippen LogP contribution in [-0.2, 0) is 6.42 Å². The molecule has 2 aromatic rings. The zero-order chi connectivity index (χ0) is 13.8. The molecule has 0 saturated carbocycles. The zero-order valence-electron chi connectivity index (χ0n) is 11.4. The molecule has 3 nitrogen and oxygen atoms in total. The van der Waals surface area contributed by atoms with Crippen molar-refractivity contribution in [1.82, 2.24) is 15.5 Å². The Morgan fingerprint density at radius 1 is 1.16 bits per heavy atom. The molecule has 1 heterocycles. The highest BCUT2D eigenvalue weighted by Gasteiger charge is 2.14. The van der Waals surface area contributed by atoms with E-state index < -0.39 is 0 Å². The van der Waals surface area contributed by atoms with Crippen LogP contribution in [0.2, 0.25) is 0 Å². The van der Waals surface area contributed by atoms with Crippen molar-refractivity contribution in [1.29, 1.82) is 0 Å². The Labute approximate surface area is 122 Å². The minimum atomic E-state index is 0.260. The summed E-state index contributed by atoms with van der Waals surface area (Å²) in [5.41, 5.74) is 4.47. The van der Waals surface area contributed by atoms with Crippen molar-refractivity contribution >= 4 is 15.9 Å². The van der Waals surface area contributed by atoms with Gasteiger partial charge in [0.05, 0.1) is 11.4 Å². The van der Waals surface area contributed by atoms with E-state index >= 15 is 0 Å². The Morgan fingerprint density at radius 2 is 1.84 bits per heavy atom. The number of likely N-dealkylation sites (N-methyl/N-ethyl adjacent to an activating group) is 1. The van der Waals surface area contributed by atoms with Crippen molar-refractivity contribution in [2.24, 2.45) is 0 Å². The first-order chi connectivity index (χ1) is 9.10. The second-order valence-electron chi connectivity index (χ2n) is 4.70. The molecule has 0 amide bonds. The first-order valence-electron chi connectivity index (χ1n) is 6.32. The van der Waals surface area contributed by atoms with Crippen LogP contribution < -0.4 is 5.32 Å². The molecule has 1 aromatic heterocycles. The lowest BCUT2D eigenvalue weighted by Gasteiger charge is -2.18. The first-order valence-corrected chi connectivity index (χ1v) is 7.12. The van der Waals surface area contributed by atoms with Crippen molar-refractivity contribution in [2.45, 2.75) is 26.3 Å². The minimum absolute atomic E-state index is 0.260. The molecule has 0 bridgehead atoms. The van der Waals surface area contributed by atoms with Crippen LogP contribution in [0.3, 0.4) is 0 Å². The van der Waals surface area contributed by atoms with Gasteiger partial charge in [-0.3, -0.25) is 0 Å². The van der Waals surface area contributed by atoms with Gasteiger partial charge in [0.2, 0.25) is 0 Å². The van der Waals surface area contributed by atoms with Crippen LogP contribution in [0, 0.1) is 13.8 Å². The van der Waals surface area contributed by atoms with Crippen molar-refractivity contribution in [3.8, 4) is 0 Å². The molecule has 0 aliphatic rings. The van der Waals surface area contributed by atoms with Crippen LogP contribution in [0.15, 0.2) is 34.8 Å². The molecule has 19 heavy (non-hydrogen) atoms. The second-order valence-corrected chi connectivity index (χ2v) is 5.61. The summed E-state index contributed by atoms with van der Waals surface area (Å²) in [5.74, 6) is 0. The summed E-state index contributed by atoms with van der Waals surface area (Å²) in [4.78, 5) is 0. The van der Waals surface area contributed by atoms with E-state index in [4.69, 9.17) is 0 Å². The monoisotopic (exact) mass is 319 g/mol. The third-order valence-corrected chi connectivity index (χ3v) is 3.75. The number of benzene rings is 1. The van der Waals surface area contributed by atoms with Crippen molar-refractivity contribution in [3.05, 3.63) is 57.3 Å². The maximum absolute atomic E-state index is 4.21. The number of hydrogen-bond acceptors (Lipinski definition) is 3. The van der Waals surface area contributed by atoms with E-state index in [2.05, 4.69) is 61.8 Å². The molecule has 1 unspecified atom stereocenters. The molecule has 0 aliphatic heterocycles. The van der Waals surface area contributed by atoms with Crippen molar-refractivity contribution < 1.29 is 0 Å². The van der Waals surface area contributed by atoms with Gasteiger partial charge in [-0.05, 0) is 56.6 Å². The third-order valence-electron chi connectivity index (χ3n) is 3.22. The highest BCUT2D eigenvalue weighted by Crippen LogP contribution is 2.21. The van der Waals surface area contributed by atoms with Crippen LogP contribution >= 0.6 is 15.9 Å². The molecule has 1 aromatic carbocycles. The standard InChI is InChI=1S/C15H18BrN3/c1-10-8-14(11(2)19-18-10)15(17-3)9-12-4-6-13(16)7-5-12/h4-8,15,17H,9H2,1-3H3. The fraction of sp³-hybridized carbons (Fsp3) is 0.333. The van der Waals surface area contributed by atoms with E-state index in [1.165, 1.54) is 11.1 Å². The van der Waals surface area contributed by atoms with E-state index in [1.807, 2.05) is 20.9 Å². The summed E-state index contributed by atoms with van der Waals surface area (Å²) < 4.78 is 1.11. The van der Waals surface area contributed by atoms with Gasteiger partial charge in [-0.25, -0.2) is 0 Å². The number of aromatic nitrogens is 2. The molecule has 2 rings (SSSR count). The maximum atomic E-state index is 4.21. The van der Waals surface area contributed by atoms with Crippen molar-refractivity contribution in [2.75, 3.05) is 7.05 Å². The van der Waals surface area contributed by atoms with Crippen LogP contribution in [-0.4, -0.2) is 17.2 Å². The smallest absolute Gasteiger partial charge is 0.0648 e. The molecule has 0 saturated heterocycles. The summed E-state index contributed by atoms with van der Waals surface area (Å²) in [5, 5.41) is 11.7. The SMILES string of the molecule is CNC(Cc1ccc(Br)cc1)c1cc(C)nnc1C. The normalized spacial score (nSPS) is 12.4. The largest absolute Gasteiger partial charge is 0.313 e. The number of hydrogen-bond donors (Lipinski definition) is 1. The lowest BCUT2D eigenvalue weighted by atomic mass is 9.98. The molecule has 1 atom stereocenters. The predicted octanol–water partition coefficient (Wildman–Crippen LogP) is 3.36. The fourth-order valence-electron chi connectivity index (χ4n) is 2.15. The summed E-state index contributed by atoms with van der Waals surface area (Å²) in [6, 6.07) is 10.8. The van der Waals surface area contributed by atoms with Gasteiger partial charge in [0.1, 0.15) is 0 Å². The van der Waals surface area contributed by atoms with Gasteiger partial charge < -0.3 is 5.32 Å². The van der Waals surface area contributed by atoms with E-state index in [9.17, 15) is 0 Å². The van der Waals surface area contributed by atoms with Crippen molar-refractivity contribution in [3.63, 3.8) is 0 Å². The number of halogens is 1. The van der Waals surface area contributed by atoms with Gasteiger partial charge in [0, 0.05) is 10.5 Å². The first kappa shape index (κ1) is 14.2. The third kappa shape index (κ3) is 3.61. The Balaban J connectivity index is 2.24. The van der Waals surface area contributed by atoms with E-state index in [0.29, 0.717) is 0 Å². The lowest BCUT2D eigenvalue weighted by Crippen LogP contribution is -2.20. The summed E-state index contributed by atoms with van der Waals surface area (Å²) >= 11 is 3.46. The lowest BCUT2D eigenvalue weighted by molar-refractivity contribution is 0.582. The van der Waals surface area contributed by atoms with Crippen LogP contribution in [0.1, 0.15) is 28.6 Å². The van der Waals surface area contributed by atoms with Crippen LogP contribution in [0.25, 0.3) is 0 Å². The predicted molar refractivity (Wildman–Crippen MR) is 81.2 cm³/mol. The van der Waals surface area contributed by atoms with Gasteiger partial charge >= 0.3 is 0 Å². The maximum Gasteiger partial charge on any atom is 0.0648 e. The molecular weight excluding hydrogens is 302 g/mol. The molecule has 0 spiro atoms. The minimum Gasteiger partial charge on any atom is -0.313 e. The Kier molecular flexibility index (Phi) is 4.66. The summed E-state index contributed by atoms with van der Waals surface area (Å²) in [6.07, 6.45) is 0.940. The Bertz CT molecular complexity index is 552. The average Bonchev–Trinajstić information content (AvgIpc) is 2.41. The zero-order valence-corrected chi connectivity index (χ0v) is 13.0. The molecule has 0 radical (unpaired) electrons. The van der Waals surface area contributed by atoms with Crippen LogP contribution in [0.4, 0.5) is 0 Å². The van der Waals surface area contributed by atoms with Gasteiger partial charge in [-0.15, -0.1) is 0 Å². The van der Waals surface area contributed by atoms with Gasteiger partial charge in [-0.1, -0.05) is 28.1 Å². The summed E-state index contributed by atoms with van der Waals surface area (Å²) in [7, 11) is 1.98. The van der Waals surface area contributed by atoms with E-state index in [0.717, 1.165) is 22.3 Å². The molecule has 0 fully saturated rings. The van der Waals surface area contributed by atoms with Gasteiger partial charge in [0.25, 0.3) is 0 Å². The Morgan fingerprint density at radius 3 is 2.47 bits per heavy atom. The molecule has 100 valence electrons. The van der Waals surface area contributed by atoms with Gasteiger partial charge in [0.15, 0.2) is 0 Å². The van der Waals surface area contributed by atoms with E-state index in [-0.39, 0.29) is 6.04 Å². The average molecular weight is 320 g/mol. The fourth-order valence-corrected chi connectivity index (χ4v) is 2.41. The number of aryl methyl sites for hydroxylation is 2. The number of nitrogens with one attached hydrogen (secondary N) is 1. The quantitative estimate of drug-likeness (QED) is 0.939. The topological polar surface area (TPSA) is 37.8 Å². The molecular formula is C15H18BrN3. The van der Waals surface area contributed by atoms with Crippen LogP contribution in [0.5, 0.6) is 0 Å². The molecule has 1 N–H and O–H groups in total. The summed E-state index contributed by atoms with van der Waals surface area (Å²) in [6.45, 7) is 3.98. The highest BCUT2D eigenvalue weighted by atomic mass is 79.9. The number of nitrogens with zero attached hydrogens (tertiary/aromatic N) is 2. The Hall–Kier alpha value is -1.26. The second kappa shape index (κ2) is 6.26. The molecule has 0 aliphatic carbocycles.